The van der Waals surface area contributed by atoms with Crippen LogP contribution in [0.15, 0.2) is 51.8 Å². The number of nitro benzene ring substituents is 1. The first-order chi connectivity index (χ1) is 9.60. The van der Waals surface area contributed by atoms with Crippen LogP contribution in [0.2, 0.25) is 0 Å². The number of hydrogen-bond donors (Lipinski definition) is 0. The van der Waals surface area contributed by atoms with Crippen molar-refractivity contribution >= 4 is 33.4 Å². The van der Waals surface area contributed by atoms with Gasteiger partial charge in [-0.1, -0.05) is 15.9 Å². The lowest BCUT2D eigenvalue weighted by Crippen LogP contribution is -1.90. The van der Waals surface area contributed by atoms with Gasteiger partial charge in [-0.15, -0.1) is 11.8 Å². The van der Waals surface area contributed by atoms with E-state index in [9.17, 15) is 10.1 Å². The Morgan fingerprint density at radius 2 is 1.95 bits per heavy atom. The van der Waals surface area contributed by atoms with Crippen LogP contribution in [0.25, 0.3) is 0 Å². The van der Waals surface area contributed by atoms with E-state index in [-0.39, 0.29) is 5.69 Å². The highest BCUT2D eigenvalue weighted by molar-refractivity contribution is 9.10. The van der Waals surface area contributed by atoms with Crippen molar-refractivity contribution < 1.29 is 9.66 Å². The molecule has 0 fully saturated rings. The number of hydrogen-bond acceptors (Lipinski definition) is 4. The Bertz CT molecular complexity index is 616. The number of nitro groups is 1. The summed E-state index contributed by atoms with van der Waals surface area (Å²) in [5.74, 6) is 1.57. The lowest BCUT2D eigenvalue weighted by Gasteiger charge is -2.08. The number of non-ortho nitro benzene ring substituents is 1. The molecule has 6 heteroatoms. The summed E-state index contributed by atoms with van der Waals surface area (Å²) < 4.78 is 6.31. The number of nitrogens with zero attached hydrogens (tertiary/aromatic N) is 1. The van der Waals surface area contributed by atoms with Crippen LogP contribution >= 0.6 is 27.7 Å². The minimum atomic E-state index is -0.397. The summed E-state index contributed by atoms with van der Waals surface area (Å²) in [7, 11) is 1.64. The van der Waals surface area contributed by atoms with E-state index < -0.39 is 4.92 Å². The van der Waals surface area contributed by atoms with Crippen LogP contribution in [0, 0.1) is 10.1 Å². The van der Waals surface area contributed by atoms with Crippen molar-refractivity contribution in [3.63, 3.8) is 0 Å². The highest BCUT2D eigenvalue weighted by Gasteiger charge is 2.07. The smallest absolute Gasteiger partial charge is 0.269 e. The molecule has 0 amide bonds. The largest absolute Gasteiger partial charge is 0.496 e. The Balaban J connectivity index is 2.08. The third-order valence-electron chi connectivity index (χ3n) is 2.68. The highest BCUT2D eigenvalue weighted by Crippen LogP contribution is 2.30. The molecule has 0 aliphatic carbocycles. The molecule has 0 saturated heterocycles. The molecule has 0 N–H and O–H groups in total. The molecule has 104 valence electrons. The van der Waals surface area contributed by atoms with Gasteiger partial charge in [-0.3, -0.25) is 10.1 Å². The number of thioether (sulfide) groups is 1. The van der Waals surface area contributed by atoms with Gasteiger partial charge < -0.3 is 4.74 Å². The zero-order valence-electron chi connectivity index (χ0n) is 10.7. The minimum Gasteiger partial charge on any atom is -0.496 e. The molecule has 0 aliphatic rings. The van der Waals surface area contributed by atoms with Gasteiger partial charge in [0.15, 0.2) is 0 Å². The van der Waals surface area contributed by atoms with Gasteiger partial charge in [0.25, 0.3) is 5.69 Å². The van der Waals surface area contributed by atoms with E-state index in [1.54, 1.807) is 31.0 Å². The monoisotopic (exact) mass is 353 g/mol. The van der Waals surface area contributed by atoms with Crippen LogP contribution in [0.5, 0.6) is 5.75 Å². The zero-order valence-corrected chi connectivity index (χ0v) is 13.1. The summed E-state index contributed by atoms with van der Waals surface area (Å²) in [6.07, 6.45) is 0. The molecule has 4 nitrogen and oxygen atoms in total. The second-order valence-electron chi connectivity index (χ2n) is 4.00. The van der Waals surface area contributed by atoms with Crippen LogP contribution in [0.3, 0.4) is 0 Å². The van der Waals surface area contributed by atoms with E-state index in [0.29, 0.717) is 0 Å². The van der Waals surface area contributed by atoms with Gasteiger partial charge in [-0.05, 0) is 30.3 Å². The van der Waals surface area contributed by atoms with Gasteiger partial charge in [-0.2, -0.15) is 0 Å². The number of halogens is 1. The Labute approximate surface area is 129 Å². The third-order valence-corrected chi connectivity index (χ3v) is 4.24. The summed E-state index contributed by atoms with van der Waals surface area (Å²) in [6, 6.07) is 12.4. The van der Waals surface area contributed by atoms with Crippen molar-refractivity contribution in [1.82, 2.24) is 0 Å². The summed E-state index contributed by atoms with van der Waals surface area (Å²) in [5.41, 5.74) is 1.18. The molecule has 0 aliphatic heterocycles. The van der Waals surface area contributed by atoms with E-state index in [1.807, 2.05) is 18.2 Å². The molecule has 0 saturated carbocycles. The van der Waals surface area contributed by atoms with Crippen molar-refractivity contribution in [1.29, 1.82) is 0 Å². The predicted octanol–water partition coefficient (Wildman–Crippen LogP) is 4.66. The van der Waals surface area contributed by atoms with Gasteiger partial charge >= 0.3 is 0 Å². The molecule has 0 bridgehead atoms. The van der Waals surface area contributed by atoms with Crippen molar-refractivity contribution in [3.05, 3.63) is 62.6 Å². The quantitative estimate of drug-likeness (QED) is 0.445. The molecule has 2 rings (SSSR count). The normalized spacial score (nSPS) is 10.3. The van der Waals surface area contributed by atoms with Crippen molar-refractivity contribution in [2.75, 3.05) is 7.11 Å². The first-order valence-electron chi connectivity index (χ1n) is 5.80. The highest BCUT2D eigenvalue weighted by atomic mass is 79.9. The maximum Gasteiger partial charge on any atom is 0.269 e. The molecule has 20 heavy (non-hydrogen) atoms. The second kappa shape index (κ2) is 6.76. The molecule has 0 heterocycles. The van der Waals surface area contributed by atoms with Gasteiger partial charge in [-0.25, -0.2) is 0 Å². The summed E-state index contributed by atoms with van der Waals surface area (Å²) in [4.78, 5) is 11.2. The lowest BCUT2D eigenvalue weighted by atomic mass is 10.2. The SMILES string of the molecule is COc1ccc(Br)cc1CSc1ccc([N+](=O)[O-])cc1. The molecule has 0 spiro atoms. The van der Waals surface area contributed by atoms with E-state index >= 15 is 0 Å². The van der Waals surface area contributed by atoms with Crippen LogP contribution in [0.4, 0.5) is 5.69 Å². The third kappa shape index (κ3) is 3.74. The fourth-order valence-corrected chi connectivity index (χ4v) is 2.97. The molecule has 0 aromatic heterocycles. The van der Waals surface area contributed by atoms with Crippen LogP contribution in [0.1, 0.15) is 5.56 Å². The molecular formula is C14H12BrNO3S. The average Bonchev–Trinajstić information content (AvgIpc) is 2.45. The molecule has 0 radical (unpaired) electrons. The Kier molecular flexibility index (Phi) is 5.03. The van der Waals surface area contributed by atoms with Crippen molar-refractivity contribution in [3.8, 4) is 5.75 Å². The minimum absolute atomic E-state index is 0.106. The number of methoxy groups -OCH3 is 1. The average molecular weight is 354 g/mol. The summed E-state index contributed by atoms with van der Waals surface area (Å²) in [5, 5.41) is 10.6. The molecule has 0 atom stereocenters. The van der Waals surface area contributed by atoms with E-state index in [2.05, 4.69) is 15.9 Å². The lowest BCUT2D eigenvalue weighted by molar-refractivity contribution is -0.384. The topological polar surface area (TPSA) is 52.4 Å². The van der Waals surface area contributed by atoms with Gasteiger partial charge in [0.05, 0.1) is 12.0 Å². The van der Waals surface area contributed by atoms with E-state index in [4.69, 9.17) is 4.74 Å². The first-order valence-corrected chi connectivity index (χ1v) is 7.57. The molecular weight excluding hydrogens is 342 g/mol. The first kappa shape index (κ1) is 14.9. The van der Waals surface area contributed by atoms with Gasteiger partial charge in [0.2, 0.25) is 0 Å². The van der Waals surface area contributed by atoms with Gasteiger partial charge in [0, 0.05) is 32.8 Å². The second-order valence-corrected chi connectivity index (χ2v) is 5.96. The van der Waals surface area contributed by atoms with Crippen molar-refractivity contribution in [2.24, 2.45) is 0 Å². The van der Waals surface area contributed by atoms with Gasteiger partial charge in [0.1, 0.15) is 5.75 Å². The Morgan fingerprint density at radius 3 is 2.55 bits per heavy atom. The molecule has 2 aromatic rings. The summed E-state index contributed by atoms with van der Waals surface area (Å²) in [6.45, 7) is 0. The summed E-state index contributed by atoms with van der Waals surface area (Å²) >= 11 is 5.05. The maximum absolute atomic E-state index is 10.6. The standard InChI is InChI=1S/C14H12BrNO3S/c1-19-14-7-2-11(15)8-10(14)9-20-13-5-3-12(4-6-13)16(17)18/h2-8H,9H2,1H3. The fourth-order valence-electron chi connectivity index (χ4n) is 1.69. The maximum atomic E-state index is 10.6. The predicted molar refractivity (Wildman–Crippen MR) is 83.4 cm³/mol. The van der Waals surface area contributed by atoms with Crippen LogP contribution in [-0.4, -0.2) is 12.0 Å². The van der Waals surface area contributed by atoms with Crippen LogP contribution in [-0.2, 0) is 5.75 Å². The Hall–Kier alpha value is -1.53. The molecule has 0 unspecified atom stereocenters. The number of benzene rings is 2. The number of ether oxygens (including phenoxy) is 1. The Morgan fingerprint density at radius 1 is 1.25 bits per heavy atom. The zero-order chi connectivity index (χ0) is 14.5. The fraction of sp³-hybridized carbons (Fsp3) is 0.143. The van der Waals surface area contributed by atoms with Crippen LogP contribution < -0.4 is 4.74 Å². The molecule has 2 aromatic carbocycles. The van der Waals surface area contributed by atoms with Crippen molar-refractivity contribution in [2.45, 2.75) is 10.6 Å². The number of rotatable bonds is 5. The van der Waals surface area contributed by atoms with E-state index in [1.165, 1.54) is 12.1 Å². The van der Waals surface area contributed by atoms with E-state index in [0.717, 1.165) is 26.4 Å².